The van der Waals surface area contributed by atoms with Crippen LogP contribution in [-0.4, -0.2) is 16.5 Å². The van der Waals surface area contributed by atoms with E-state index in [0.717, 1.165) is 30.8 Å². The SMILES string of the molecule is CCCNC(Cc1ccnc(N)c1)c1cccc(C)n1. The highest BCUT2D eigenvalue weighted by Crippen LogP contribution is 2.18. The Kier molecular flexibility index (Phi) is 5.07. The molecule has 0 saturated carbocycles. The van der Waals surface area contributed by atoms with Crippen LogP contribution in [0.2, 0.25) is 0 Å². The van der Waals surface area contributed by atoms with Gasteiger partial charge in [-0.05, 0) is 56.1 Å². The van der Waals surface area contributed by atoms with Gasteiger partial charge in [0.1, 0.15) is 5.82 Å². The maximum Gasteiger partial charge on any atom is 0.123 e. The average Bonchev–Trinajstić information content (AvgIpc) is 2.43. The Morgan fingerprint density at radius 2 is 2.15 bits per heavy atom. The molecule has 4 heteroatoms. The lowest BCUT2D eigenvalue weighted by Gasteiger charge is -2.18. The van der Waals surface area contributed by atoms with E-state index in [0.29, 0.717) is 5.82 Å². The molecule has 0 aliphatic heterocycles. The summed E-state index contributed by atoms with van der Waals surface area (Å²) in [5.41, 5.74) is 9.04. The van der Waals surface area contributed by atoms with Crippen LogP contribution in [0, 0.1) is 6.92 Å². The number of nitrogen functional groups attached to an aromatic ring is 1. The summed E-state index contributed by atoms with van der Waals surface area (Å²) in [5.74, 6) is 0.564. The van der Waals surface area contributed by atoms with Gasteiger partial charge in [0.2, 0.25) is 0 Å². The van der Waals surface area contributed by atoms with Crippen LogP contribution in [0.15, 0.2) is 36.5 Å². The van der Waals surface area contributed by atoms with Crippen molar-refractivity contribution >= 4 is 5.82 Å². The van der Waals surface area contributed by atoms with Crippen molar-refractivity contribution in [2.45, 2.75) is 32.7 Å². The molecular weight excluding hydrogens is 248 g/mol. The summed E-state index contributed by atoms with van der Waals surface area (Å²) >= 11 is 0. The van der Waals surface area contributed by atoms with Gasteiger partial charge in [0.15, 0.2) is 0 Å². The van der Waals surface area contributed by atoms with E-state index in [1.165, 1.54) is 5.56 Å². The van der Waals surface area contributed by atoms with Crippen LogP contribution in [0.5, 0.6) is 0 Å². The second kappa shape index (κ2) is 7.01. The van der Waals surface area contributed by atoms with Crippen LogP contribution in [0.1, 0.15) is 36.3 Å². The Morgan fingerprint density at radius 3 is 2.85 bits per heavy atom. The minimum Gasteiger partial charge on any atom is -0.384 e. The molecule has 0 amide bonds. The predicted molar refractivity (Wildman–Crippen MR) is 82.4 cm³/mol. The quantitative estimate of drug-likeness (QED) is 0.847. The second-order valence-electron chi connectivity index (χ2n) is 5.00. The lowest BCUT2D eigenvalue weighted by Crippen LogP contribution is -2.25. The summed E-state index contributed by atoms with van der Waals surface area (Å²) in [4.78, 5) is 8.67. The van der Waals surface area contributed by atoms with Crippen LogP contribution in [0.3, 0.4) is 0 Å². The van der Waals surface area contributed by atoms with Gasteiger partial charge in [-0.25, -0.2) is 4.98 Å². The zero-order valence-electron chi connectivity index (χ0n) is 12.1. The molecule has 2 rings (SSSR count). The first-order valence-corrected chi connectivity index (χ1v) is 7.06. The van der Waals surface area contributed by atoms with Gasteiger partial charge in [0.25, 0.3) is 0 Å². The smallest absolute Gasteiger partial charge is 0.123 e. The summed E-state index contributed by atoms with van der Waals surface area (Å²) in [6.45, 7) is 5.16. The number of hydrogen-bond donors (Lipinski definition) is 2. The molecule has 4 nitrogen and oxygen atoms in total. The van der Waals surface area contributed by atoms with Crippen molar-refractivity contribution in [1.29, 1.82) is 0 Å². The van der Waals surface area contributed by atoms with Crippen LogP contribution >= 0.6 is 0 Å². The first-order chi connectivity index (χ1) is 9.69. The molecule has 2 heterocycles. The molecule has 1 atom stereocenters. The van der Waals surface area contributed by atoms with E-state index in [1.807, 2.05) is 25.1 Å². The summed E-state index contributed by atoms with van der Waals surface area (Å²) in [6, 6.07) is 10.3. The number of nitrogens with two attached hydrogens (primary N) is 1. The third-order valence-electron chi connectivity index (χ3n) is 3.19. The maximum absolute atomic E-state index is 5.75. The molecule has 0 aliphatic carbocycles. The van der Waals surface area contributed by atoms with Crippen molar-refractivity contribution in [3.8, 4) is 0 Å². The highest BCUT2D eigenvalue weighted by molar-refractivity contribution is 5.32. The Labute approximate surface area is 120 Å². The number of anilines is 1. The molecule has 0 aromatic carbocycles. The van der Waals surface area contributed by atoms with Crippen molar-refractivity contribution in [2.24, 2.45) is 0 Å². The van der Waals surface area contributed by atoms with Gasteiger partial charge in [-0.2, -0.15) is 0 Å². The zero-order valence-corrected chi connectivity index (χ0v) is 12.1. The molecule has 0 spiro atoms. The minimum atomic E-state index is 0.205. The molecule has 0 bridgehead atoms. The van der Waals surface area contributed by atoms with E-state index in [4.69, 9.17) is 5.73 Å². The maximum atomic E-state index is 5.75. The van der Waals surface area contributed by atoms with Gasteiger partial charge in [0.05, 0.1) is 11.7 Å². The molecule has 0 fully saturated rings. The molecule has 1 unspecified atom stereocenters. The fraction of sp³-hybridized carbons (Fsp3) is 0.375. The molecule has 0 radical (unpaired) electrons. The van der Waals surface area contributed by atoms with Gasteiger partial charge >= 0.3 is 0 Å². The summed E-state index contributed by atoms with van der Waals surface area (Å²) in [7, 11) is 0. The largest absolute Gasteiger partial charge is 0.384 e. The monoisotopic (exact) mass is 270 g/mol. The van der Waals surface area contributed by atoms with Crippen molar-refractivity contribution in [2.75, 3.05) is 12.3 Å². The van der Waals surface area contributed by atoms with E-state index in [1.54, 1.807) is 6.20 Å². The average molecular weight is 270 g/mol. The topological polar surface area (TPSA) is 63.8 Å². The van der Waals surface area contributed by atoms with Gasteiger partial charge in [-0.3, -0.25) is 4.98 Å². The van der Waals surface area contributed by atoms with Gasteiger partial charge in [-0.1, -0.05) is 13.0 Å². The Hall–Kier alpha value is -1.94. The van der Waals surface area contributed by atoms with E-state index in [2.05, 4.69) is 34.3 Å². The van der Waals surface area contributed by atoms with Crippen LogP contribution in [0.4, 0.5) is 5.82 Å². The third kappa shape index (κ3) is 4.03. The van der Waals surface area contributed by atoms with Gasteiger partial charge in [0, 0.05) is 11.9 Å². The van der Waals surface area contributed by atoms with Crippen molar-refractivity contribution in [3.63, 3.8) is 0 Å². The first-order valence-electron chi connectivity index (χ1n) is 7.06. The Morgan fingerprint density at radius 1 is 1.30 bits per heavy atom. The third-order valence-corrected chi connectivity index (χ3v) is 3.19. The first kappa shape index (κ1) is 14.5. The predicted octanol–water partition coefficient (Wildman–Crippen LogP) is 2.65. The van der Waals surface area contributed by atoms with E-state index >= 15 is 0 Å². The van der Waals surface area contributed by atoms with E-state index in [9.17, 15) is 0 Å². The van der Waals surface area contributed by atoms with Crippen molar-refractivity contribution in [1.82, 2.24) is 15.3 Å². The van der Waals surface area contributed by atoms with Crippen LogP contribution in [-0.2, 0) is 6.42 Å². The van der Waals surface area contributed by atoms with Crippen molar-refractivity contribution in [3.05, 3.63) is 53.5 Å². The number of aromatic nitrogens is 2. The van der Waals surface area contributed by atoms with E-state index < -0.39 is 0 Å². The number of aryl methyl sites for hydroxylation is 1. The molecule has 3 N–H and O–H groups in total. The fourth-order valence-corrected chi connectivity index (χ4v) is 2.22. The number of pyridine rings is 2. The zero-order chi connectivity index (χ0) is 14.4. The lowest BCUT2D eigenvalue weighted by molar-refractivity contribution is 0.517. The summed E-state index contributed by atoms with van der Waals surface area (Å²) in [5, 5.41) is 3.56. The minimum absolute atomic E-state index is 0.205. The highest BCUT2D eigenvalue weighted by atomic mass is 14.9. The van der Waals surface area contributed by atoms with Crippen LogP contribution in [0.25, 0.3) is 0 Å². The molecule has 2 aromatic heterocycles. The molecule has 0 saturated heterocycles. The highest BCUT2D eigenvalue weighted by Gasteiger charge is 2.13. The van der Waals surface area contributed by atoms with E-state index in [-0.39, 0.29) is 6.04 Å². The van der Waals surface area contributed by atoms with Gasteiger partial charge < -0.3 is 11.1 Å². The Bertz CT molecular complexity index is 554. The van der Waals surface area contributed by atoms with Crippen LogP contribution < -0.4 is 11.1 Å². The standard InChI is InChI=1S/C16H22N4/c1-3-8-18-15(14-6-4-5-12(2)20-14)10-13-7-9-19-16(17)11-13/h4-7,9,11,15,18H,3,8,10H2,1-2H3,(H2,17,19). The number of rotatable bonds is 6. The number of nitrogens with zero attached hydrogens (tertiary/aromatic N) is 2. The second-order valence-corrected chi connectivity index (χ2v) is 5.00. The fourth-order valence-electron chi connectivity index (χ4n) is 2.22. The molecule has 0 aliphatic rings. The number of nitrogens with one attached hydrogen (secondary N) is 1. The number of hydrogen-bond acceptors (Lipinski definition) is 4. The normalized spacial score (nSPS) is 12.3. The molecule has 106 valence electrons. The van der Waals surface area contributed by atoms with Gasteiger partial charge in [-0.15, -0.1) is 0 Å². The molecule has 20 heavy (non-hydrogen) atoms. The molecule has 2 aromatic rings. The summed E-state index contributed by atoms with van der Waals surface area (Å²) < 4.78 is 0. The van der Waals surface area contributed by atoms with Crippen molar-refractivity contribution < 1.29 is 0 Å². The molecular formula is C16H22N4. The summed E-state index contributed by atoms with van der Waals surface area (Å²) in [6.07, 6.45) is 3.72. The Balaban J connectivity index is 2.19. The lowest BCUT2D eigenvalue weighted by atomic mass is 10.0.